The van der Waals surface area contributed by atoms with Gasteiger partial charge in [-0.25, -0.2) is 4.79 Å². The van der Waals surface area contributed by atoms with Crippen LogP contribution in [0.2, 0.25) is 0 Å². The third kappa shape index (κ3) is 3.58. The second-order valence-corrected chi connectivity index (χ2v) is 6.74. The summed E-state index contributed by atoms with van der Waals surface area (Å²) in [5.74, 6) is -0.732. The normalized spacial score (nSPS) is 15.0. The first-order valence-corrected chi connectivity index (χ1v) is 8.49. The van der Waals surface area contributed by atoms with Crippen LogP contribution in [0.25, 0.3) is 11.0 Å². The Morgan fingerprint density at radius 1 is 1.35 bits per heavy atom. The molecule has 1 aliphatic carbocycles. The number of aryl methyl sites for hydroxylation is 1. The summed E-state index contributed by atoms with van der Waals surface area (Å²) < 4.78 is 11.5. The zero-order chi connectivity index (χ0) is 16.4. The first-order chi connectivity index (χ1) is 11.0. The number of esters is 1. The average molecular weight is 380 g/mol. The van der Waals surface area contributed by atoms with E-state index in [1.54, 1.807) is 13.0 Å². The molecule has 1 aromatic carbocycles. The van der Waals surface area contributed by atoms with Gasteiger partial charge in [0, 0.05) is 21.5 Å². The lowest BCUT2D eigenvalue weighted by atomic mass is 10.1. The number of hydrogen-bond donors (Lipinski definition) is 1. The van der Waals surface area contributed by atoms with Crippen molar-refractivity contribution in [3.8, 4) is 0 Å². The van der Waals surface area contributed by atoms with Crippen LogP contribution < -0.4 is 5.32 Å². The van der Waals surface area contributed by atoms with E-state index in [4.69, 9.17) is 9.15 Å². The van der Waals surface area contributed by atoms with Gasteiger partial charge < -0.3 is 14.5 Å². The monoisotopic (exact) mass is 379 g/mol. The highest BCUT2D eigenvalue weighted by Gasteiger charge is 2.21. The van der Waals surface area contributed by atoms with Gasteiger partial charge in [0.15, 0.2) is 6.61 Å². The lowest BCUT2D eigenvalue weighted by molar-refractivity contribution is -0.124. The molecule has 1 aliphatic rings. The van der Waals surface area contributed by atoms with Crippen molar-refractivity contribution in [3.05, 3.63) is 34.0 Å². The molecule has 1 heterocycles. The Morgan fingerprint density at radius 3 is 2.83 bits per heavy atom. The molecule has 5 nitrogen and oxygen atoms in total. The van der Waals surface area contributed by atoms with Gasteiger partial charge in [0.25, 0.3) is 5.91 Å². The molecule has 0 bridgehead atoms. The smallest absolute Gasteiger partial charge is 0.375 e. The number of amides is 1. The standard InChI is InChI=1S/C17H18BrNO4/c1-10-13-8-11(18)6-7-14(13)23-16(10)17(21)22-9-15(20)19-12-4-2-3-5-12/h6-8,12H,2-5,9H2,1H3,(H,19,20). The van der Waals surface area contributed by atoms with Crippen LogP contribution in [0.5, 0.6) is 0 Å². The van der Waals surface area contributed by atoms with E-state index in [9.17, 15) is 9.59 Å². The van der Waals surface area contributed by atoms with Gasteiger partial charge in [-0.15, -0.1) is 0 Å². The Labute approximate surface area is 142 Å². The van der Waals surface area contributed by atoms with Crippen LogP contribution in [-0.4, -0.2) is 24.5 Å². The van der Waals surface area contributed by atoms with E-state index in [1.165, 1.54) is 0 Å². The number of hydrogen-bond acceptors (Lipinski definition) is 4. The predicted octanol–water partition coefficient (Wildman–Crippen LogP) is 3.72. The second kappa shape index (κ2) is 6.74. The Hall–Kier alpha value is -1.82. The Bertz CT molecular complexity index is 746. The van der Waals surface area contributed by atoms with E-state index < -0.39 is 5.97 Å². The molecule has 0 radical (unpaired) electrons. The summed E-state index contributed by atoms with van der Waals surface area (Å²) in [4.78, 5) is 24.0. The first kappa shape index (κ1) is 16.1. The van der Waals surface area contributed by atoms with Crippen molar-refractivity contribution >= 4 is 38.8 Å². The van der Waals surface area contributed by atoms with Crippen molar-refractivity contribution < 1.29 is 18.7 Å². The third-order valence-corrected chi connectivity index (χ3v) is 4.63. The summed E-state index contributed by atoms with van der Waals surface area (Å²) >= 11 is 3.39. The Balaban J connectivity index is 1.64. The number of carbonyl (C=O) groups excluding carboxylic acids is 2. The average Bonchev–Trinajstić information content (AvgIpc) is 3.14. The molecule has 1 aromatic heterocycles. The Kier molecular flexibility index (Phi) is 4.71. The molecule has 0 saturated heterocycles. The highest BCUT2D eigenvalue weighted by atomic mass is 79.9. The fourth-order valence-electron chi connectivity index (χ4n) is 2.92. The van der Waals surface area contributed by atoms with Gasteiger partial charge in [-0.2, -0.15) is 0 Å². The van der Waals surface area contributed by atoms with Crippen LogP contribution in [0.4, 0.5) is 0 Å². The Morgan fingerprint density at radius 2 is 2.09 bits per heavy atom. The van der Waals surface area contributed by atoms with Gasteiger partial charge in [-0.05, 0) is 38.0 Å². The van der Waals surface area contributed by atoms with Gasteiger partial charge in [0.2, 0.25) is 5.76 Å². The van der Waals surface area contributed by atoms with E-state index in [1.807, 2.05) is 12.1 Å². The van der Waals surface area contributed by atoms with Crippen LogP contribution in [0.3, 0.4) is 0 Å². The van der Waals surface area contributed by atoms with Crippen molar-refractivity contribution in [3.63, 3.8) is 0 Å². The molecule has 1 saturated carbocycles. The first-order valence-electron chi connectivity index (χ1n) is 7.70. The molecule has 0 aliphatic heterocycles. The summed E-state index contributed by atoms with van der Waals surface area (Å²) in [6, 6.07) is 5.73. The van der Waals surface area contributed by atoms with E-state index in [0.717, 1.165) is 35.5 Å². The molecule has 122 valence electrons. The molecule has 0 atom stereocenters. The number of ether oxygens (including phenoxy) is 1. The van der Waals surface area contributed by atoms with Crippen molar-refractivity contribution in [2.24, 2.45) is 0 Å². The highest BCUT2D eigenvalue weighted by molar-refractivity contribution is 9.10. The van der Waals surface area contributed by atoms with Crippen LogP contribution in [-0.2, 0) is 9.53 Å². The molecular formula is C17H18BrNO4. The maximum atomic E-state index is 12.2. The fraction of sp³-hybridized carbons (Fsp3) is 0.412. The van der Waals surface area contributed by atoms with Crippen molar-refractivity contribution in [1.82, 2.24) is 5.32 Å². The molecule has 3 rings (SSSR count). The summed E-state index contributed by atoms with van der Waals surface area (Å²) in [5, 5.41) is 3.73. The minimum absolute atomic E-state index is 0.145. The number of carbonyl (C=O) groups is 2. The molecule has 23 heavy (non-hydrogen) atoms. The molecule has 0 unspecified atom stereocenters. The highest BCUT2D eigenvalue weighted by Crippen LogP contribution is 2.28. The lowest BCUT2D eigenvalue weighted by Crippen LogP contribution is -2.35. The van der Waals surface area contributed by atoms with E-state index in [0.29, 0.717) is 11.1 Å². The van der Waals surface area contributed by atoms with Gasteiger partial charge in [0.1, 0.15) is 5.58 Å². The van der Waals surface area contributed by atoms with Gasteiger partial charge >= 0.3 is 5.97 Å². The molecule has 1 amide bonds. The summed E-state index contributed by atoms with van der Waals surface area (Å²) in [6.07, 6.45) is 4.27. The van der Waals surface area contributed by atoms with Gasteiger partial charge in [-0.3, -0.25) is 4.79 Å². The molecule has 0 spiro atoms. The van der Waals surface area contributed by atoms with E-state index >= 15 is 0 Å². The molecule has 2 aromatic rings. The largest absolute Gasteiger partial charge is 0.450 e. The molecule has 1 fully saturated rings. The van der Waals surface area contributed by atoms with E-state index in [-0.39, 0.29) is 24.3 Å². The van der Waals surface area contributed by atoms with Crippen molar-refractivity contribution in [1.29, 1.82) is 0 Å². The molecular weight excluding hydrogens is 362 g/mol. The van der Waals surface area contributed by atoms with Crippen LogP contribution in [0, 0.1) is 6.92 Å². The topological polar surface area (TPSA) is 68.5 Å². The molecule has 1 N–H and O–H groups in total. The minimum Gasteiger partial charge on any atom is -0.450 e. The van der Waals surface area contributed by atoms with Crippen LogP contribution >= 0.6 is 15.9 Å². The maximum Gasteiger partial charge on any atom is 0.375 e. The van der Waals surface area contributed by atoms with Crippen LogP contribution in [0.15, 0.2) is 27.1 Å². The van der Waals surface area contributed by atoms with Gasteiger partial charge in [-0.1, -0.05) is 28.8 Å². The summed E-state index contributed by atoms with van der Waals surface area (Å²) in [5.41, 5.74) is 1.33. The zero-order valence-electron chi connectivity index (χ0n) is 12.9. The number of benzene rings is 1. The maximum absolute atomic E-state index is 12.2. The fourth-order valence-corrected chi connectivity index (χ4v) is 3.29. The minimum atomic E-state index is -0.614. The van der Waals surface area contributed by atoms with Crippen molar-refractivity contribution in [2.45, 2.75) is 38.6 Å². The lowest BCUT2D eigenvalue weighted by Gasteiger charge is -2.11. The number of furan rings is 1. The molecule has 6 heteroatoms. The summed E-state index contributed by atoms with van der Waals surface area (Å²) in [7, 11) is 0. The predicted molar refractivity (Wildman–Crippen MR) is 89.3 cm³/mol. The number of nitrogens with one attached hydrogen (secondary N) is 1. The quantitative estimate of drug-likeness (QED) is 0.821. The van der Waals surface area contributed by atoms with Crippen LogP contribution in [0.1, 0.15) is 41.8 Å². The number of rotatable bonds is 4. The number of fused-ring (bicyclic) bond motifs is 1. The zero-order valence-corrected chi connectivity index (χ0v) is 14.4. The second-order valence-electron chi connectivity index (χ2n) is 5.82. The van der Waals surface area contributed by atoms with Gasteiger partial charge in [0.05, 0.1) is 0 Å². The SMILES string of the molecule is Cc1c(C(=O)OCC(=O)NC2CCCC2)oc2ccc(Br)cc12. The summed E-state index contributed by atoms with van der Waals surface area (Å²) in [6.45, 7) is 1.52. The number of halogens is 1. The van der Waals surface area contributed by atoms with E-state index in [2.05, 4.69) is 21.2 Å². The van der Waals surface area contributed by atoms with Crippen molar-refractivity contribution in [2.75, 3.05) is 6.61 Å². The third-order valence-electron chi connectivity index (χ3n) is 4.14.